The van der Waals surface area contributed by atoms with Crippen LogP contribution in [0.1, 0.15) is 32.6 Å². The Hall–Kier alpha value is -4.09. The highest BCUT2D eigenvalue weighted by atomic mass is 32.2. The van der Waals surface area contributed by atoms with Crippen molar-refractivity contribution in [2.24, 2.45) is 0 Å². The lowest BCUT2D eigenvalue weighted by molar-refractivity contribution is -0.137. The minimum Gasteiger partial charge on any atom is -0.497 e. The standard InChI is InChI=1S/C31H28F3N3O4S/c1-41-26-12-6-22(7-13-26)19-35-14-16-36(17-15-35)28(38)24-8-2-21(3-9-24)18-27-29(39)37(30(40)42-27)20-23-4-10-25(11-5-23)31(32,33)34/h2-13,18H,14-17,19-20H2,1H3. The Kier molecular flexibility index (Phi) is 8.69. The average Bonchev–Trinajstić information content (AvgIpc) is 3.25. The van der Waals surface area contributed by atoms with Crippen LogP contribution in [0.5, 0.6) is 5.75 Å². The smallest absolute Gasteiger partial charge is 0.416 e. The molecule has 42 heavy (non-hydrogen) atoms. The zero-order valence-electron chi connectivity index (χ0n) is 22.8. The minimum absolute atomic E-state index is 0.0671. The largest absolute Gasteiger partial charge is 0.497 e. The minimum atomic E-state index is -4.46. The second-order valence-corrected chi connectivity index (χ2v) is 11.0. The number of carbonyl (C=O) groups is 3. The summed E-state index contributed by atoms with van der Waals surface area (Å²) in [4.78, 5) is 43.8. The van der Waals surface area contributed by atoms with Crippen LogP contribution in [-0.4, -0.2) is 65.0 Å². The fraction of sp³-hybridized carbons (Fsp3) is 0.258. The number of rotatable bonds is 7. The van der Waals surface area contributed by atoms with Gasteiger partial charge in [-0.2, -0.15) is 13.2 Å². The molecule has 5 rings (SSSR count). The van der Waals surface area contributed by atoms with Gasteiger partial charge in [0.15, 0.2) is 0 Å². The molecular weight excluding hydrogens is 567 g/mol. The molecule has 0 bridgehead atoms. The van der Waals surface area contributed by atoms with Crippen LogP contribution in [0.15, 0.2) is 77.7 Å². The first-order valence-corrected chi connectivity index (χ1v) is 14.1. The molecule has 3 aromatic rings. The van der Waals surface area contributed by atoms with E-state index in [4.69, 9.17) is 4.74 Å². The first-order chi connectivity index (χ1) is 20.1. The van der Waals surface area contributed by atoms with Gasteiger partial charge >= 0.3 is 6.18 Å². The molecule has 2 fully saturated rings. The van der Waals surface area contributed by atoms with Gasteiger partial charge in [0.2, 0.25) is 0 Å². The Bertz CT molecular complexity index is 1480. The van der Waals surface area contributed by atoms with E-state index in [0.29, 0.717) is 29.8 Å². The fourth-order valence-electron chi connectivity index (χ4n) is 4.77. The molecule has 2 aliphatic heterocycles. The molecule has 2 heterocycles. The van der Waals surface area contributed by atoms with Crippen LogP contribution in [0.3, 0.4) is 0 Å². The Morgan fingerprint density at radius 2 is 1.45 bits per heavy atom. The van der Waals surface area contributed by atoms with Crippen LogP contribution in [0.25, 0.3) is 6.08 Å². The van der Waals surface area contributed by atoms with E-state index < -0.39 is 22.9 Å². The lowest BCUT2D eigenvalue weighted by Gasteiger charge is -2.34. The van der Waals surface area contributed by atoms with Gasteiger partial charge in [0.1, 0.15) is 5.75 Å². The van der Waals surface area contributed by atoms with Gasteiger partial charge in [-0.3, -0.25) is 24.2 Å². The highest BCUT2D eigenvalue weighted by Gasteiger charge is 2.35. The average molecular weight is 596 g/mol. The third-order valence-corrected chi connectivity index (χ3v) is 8.08. The third kappa shape index (κ3) is 6.85. The van der Waals surface area contributed by atoms with E-state index in [1.165, 1.54) is 17.7 Å². The SMILES string of the molecule is COc1ccc(CN2CCN(C(=O)c3ccc(C=C4SC(=O)N(Cc5ccc(C(F)(F)F)cc5)C4=O)cc3)CC2)cc1. The van der Waals surface area contributed by atoms with Gasteiger partial charge < -0.3 is 9.64 Å². The first-order valence-electron chi connectivity index (χ1n) is 13.3. The van der Waals surface area contributed by atoms with Crippen molar-refractivity contribution >= 4 is 34.9 Å². The van der Waals surface area contributed by atoms with Gasteiger partial charge in [-0.25, -0.2) is 0 Å². The predicted molar refractivity (Wildman–Crippen MR) is 154 cm³/mol. The monoisotopic (exact) mass is 595 g/mol. The molecule has 3 amide bonds. The van der Waals surface area contributed by atoms with Crippen LogP contribution >= 0.6 is 11.8 Å². The van der Waals surface area contributed by atoms with Gasteiger partial charge in [-0.1, -0.05) is 36.4 Å². The van der Waals surface area contributed by atoms with Gasteiger partial charge in [-0.15, -0.1) is 0 Å². The summed E-state index contributed by atoms with van der Waals surface area (Å²) in [5.74, 6) is 0.234. The van der Waals surface area contributed by atoms with Gasteiger partial charge in [0.25, 0.3) is 17.1 Å². The van der Waals surface area contributed by atoms with Crippen molar-refractivity contribution in [3.8, 4) is 5.75 Å². The highest BCUT2D eigenvalue weighted by Crippen LogP contribution is 2.34. The van der Waals surface area contributed by atoms with Crippen molar-refractivity contribution < 1.29 is 32.3 Å². The number of imide groups is 1. The summed E-state index contributed by atoms with van der Waals surface area (Å²) >= 11 is 0.771. The molecule has 3 aromatic carbocycles. The van der Waals surface area contributed by atoms with E-state index >= 15 is 0 Å². The Labute approximate surface area is 245 Å². The van der Waals surface area contributed by atoms with Gasteiger partial charge in [0, 0.05) is 38.3 Å². The molecule has 218 valence electrons. The number of hydrogen-bond acceptors (Lipinski definition) is 6. The van der Waals surface area contributed by atoms with Gasteiger partial charge in [-0.05, 0) is 70.9 Å². The van der Waals surface area contributed by atoms with Crippen molar-refractivity contribution in [1.82, 2.24) is 14.7 Å². The van der Waals surface area contributed by atoms with Crippen LogP contribution in [0, 0.1) is 0 Å². The molecule has 7 nitrogen and oxygen atoms in total. The van der Waals surface area contributed by atoms with E-state index in [2.05, 4.69) is 4.90 Å². The quantitative estimate of drug-likeness (QED) is 0.317. The molecule has 2 saturated heterocycles. The molecule has 0 radical (unpaired) electrons. The number of ether oxygens (including phenoxy) is 1. The maximum absolute atomic E-state index is 13.1. The number of carbonyl (C=O) groups excluding carboxylic acids is 3. The number of halogens is 3. The molecular formula is C31H28F3N3O4S. The summed E-state index contributed by atoms with van der Waals surface area (Å²) in [7, 11) is 1.64. The normalized spacial score (nSPS) is 17.3. The fourth-order valence-corrected chi connectivity index (χ4v) is 5.61. The maximum atomic E-state index is 13.1. The van der Waals surface area contributed by atoms with Crippen molar-refractivity contribution in [3.05, 3.63) is 106 Å². The summed E-state index contributed by atoms with van der Waals surface area (Å²) in [6.45, 7) is 3.43. The Balaban J connectivity index is 1.15. The van der Waals surface area contributed by atoms with Crippen molar-refractivity contribution in [2.45, 2.75) is 19.3 Å². The molecule has 0 saturated carbocycles. The molecule has 11 heteroatoms. The zero-order valence-corrected chi connectivity index (χ0v) is 23.6. The van der Waals surface area contributed by atoms with E-state index in [-0.39, 0.29) is 17.4 Å². The number of alkyl halides is 3. The van der Waals surface area contributed by atoms with E-state index in [1.54, 1.807) is 37.5 Å². The number of methoxy groups -OCH3 is 1. The Morgan fingerprint density at radius 1 is 0.857 bits per heavy atom. The summed E-state index contributed by atoms with van der Waals surface area (Å²) < 4.78 is 43.7. The third-order valence-electron chi connectivity index (χ3n) is 7.18. The molecule has 0 aliphatic carbocycles. The summed E-state index contributed by atoms with van der Waals surface area (Å²) in [5.41, 5.74) is 1.98. The van der Waals surface area contributed by atoms with Crippen LogP contribution in [0.4, 0.5) is 18.0 Å². The summed E-state index contributed by atoms with van der Waals surface area (Å²) in [6, 6.07) is 19.2. The first kappa shape index (κ1) is 29.4. The Morgan fingerprint density at radius 3 is 2.05 bits per heavy atom. The predicted octanol–water partition coefficient (Wildman–Crippen LogP) is 5.91. The molecule has 0 atom stereocenters. The van der Waals surface area contributed by atoms with Crippen molar-refractivity contribution in [3.63, 3.8) is 0 Å². The summed E-state index contributed by atoms with van der Waals surface area (Å²) in [5, 5.41) is -0.496. The van der Waals surface area contributed by atoms with Crippen LogP contribution in [-0.2, 0) is 24.1 Å². The second-order valence-electron chi connectivity index (χ2n) is 10.0. The van der Waals surface area contributed by atoms with E-state index in [9.17, 15) is 27.6 Å². The van der Waals surface area contributed by atoms with E-state index in [1.807, 2.05) is 29.2 Å². The number of nitrogens with zero attached hydrogens (tertiary/aromatic N) is 3. The molecule has 0 aromatic heterocycles. The van der Waals surface area contributed by atoms with Crippen molar-refractivity contribution in [1.29, 1.82) is 0 Å². The van der Waals surface area contributed by atoms with E-state index in [0.717, 1.165) is 54.2 Å². The number of benzene rings is 3. The lowest BCUT2D eigenvalue weighted by Crippen LogP contribution is -2.48. The number of piperazine rings is 1. The topological polar surface area (TPSA) is 70.2 Å². The molecule has 0 unspecified atom stereocenters. The zero-order chi connectivity index (χ0) is 29.9. The molecule has 0 N–H and O–H groups in total. The molecule has 2 aliphatic rings. The number of hydrogen-bond donors (Lipinski definition) is 0. The maximum Gasteiger partial charge on any atom is 0.416 e. The summed E-state index contributed by atoms with van der Waals surface area (Å²) in [6.07, 6.45) is -2.89. The number of thioether (sulfide) groups is 1. The highest BCUT2D eigenvalue weighted by molar-refractivity contribution is 8.18. The second kappa shape index (κ2) is 12.4. The van der Waals surface area contributed by atoms with Crippen molar-refractivity contribution in [2.75, 3.05) is 33.3 Å². The van der Waals surface area contributed by atoms with Crippen LogP contribution < -0.4 is 4.74 Å². The lowest BCUT2D eigenvalue weighted by atomic mass is 10.1. The van der Waals surface area contributed by atoms with Gasteiger partial charge in [0.05, 0.1) is 24.1 Å². The van der Waals surface area contributed by atoms with Crippen LogP contribution in [0.2, 0.25) is 0 Å². The molecule has 0 spiro atoms. The number of amides is 3.